The summed E-state index contributed by atoms with van der Waals surface area (Å²) < 4.78 is 15.6. The molecule has 0 spiro atoms. The molecule has 1 rings (SSSR count). The molecule has 0 N–H and O–H groups in total. The molecule has 5 heteroatoms. The van der Waals surface area contributed by atoms with Gasteiger partial charge in [-0.3, -0.25) is 0 Å². The van der Waals surface area contributed by atoms with Crippen molar-refractivity contribution in [1.29, 1.82) is 0 Å². The number of hydrogen-bond acceptors (Lipinski definition) is 5. The van der Waals surface area contributed by atoms with E-state index in [1.807, 2.05) is 27.7 Å². The number of aliphatic imine (C=N–C) groups is 1. The minimum absolute atomic E-state index is 0.0477. The molecule has 0 aliphatic carbocycles. The normalized spacial score (nSPS) is 11.7. The number of carbonyl (C=O) groups is 1. The molecule has 0 aromatic heterocycles. The van der Waals surface area contributed by atoms with Crippen LogP contribution < -0.4 is 9.47 Å². The van der Waals surface area contributed by atoms with E-state index in [1.54, 1.807) is 32.4 Å². The van der Waals surface area contributed by atoms with E-state index in [4.69, 9.17) is 14.2 Å². The SMILES string of the molecule is COc1cc(/N=C(\C(=O)OC(C)C)C(C)C)cc(OC)c1. The van der Waals surface area contributed by atoms with Gasteiger partial charge in [0, 0.05) is 24.1 Å². The Bertz CT molecular complexity index is 499. The Hall–Kier alpha value is -2.04. The lowest BCUT2D eigenvalue weighted by Gasteiger charge is -2.13. The van der Waals surface area contributed by atoms with Gasteiger partial charge in [-0.1, -0.05) is 13.8 Å². The zero-order chi connectivity index (χ0) is 16.0. The molecule has 5 nitrogen and oxygen atoms in total. The Morgan fingerprint density at radius 1 is 1.00 bits per heavy atom. The van der Waals surface area contributed by atoms with Crippen LogP contribution in [0.3, 0.4) is 0 Å². The van der Waals surface area contributed by atoms with E-state index in [-0.39, 0.29) is 12.0 Å². The lowest BCUT2D eigenvalue weighted by molar-refractivity contribution is -0.139. The second-order valence-electron chi connectivity index (χ2n) is 5.18. The summed E-state index contributed by atoms with van der Waals surface area (Å²) in [5.74, 6) is 0.789. The number of ether oxygens (including phenoxy) is 3. The van der Waals surface area contributed by atoms with E-state index < -0.39 is 5.97 Å². The van der Waals surface area contributed by atoms with Crippen molar-refractivity contribution < 1.29 is 19.0 Å². The molecule has 0 bridgehead atoms. The molecule has 0 saturated carbocycles. The van der Waals surface area contributed by atoms with E-state index in [1.165, 1.54) is 0 Å². The third-order valence-electron chi connectivity index (χ3n) is 2.68. The second kappa shape index (κ2) is 7.67. The van der Waals surface area contributed by atoms with Crippen LogP contribution in [-0.2, 0) is 9.53 Å². The third kappa shape index (κ3) is 5.10. The number of esters is 1. The van der Waals surface area contributed by atoms with Crippen LogP contribution in [0.5, 0.6) is 11.5 Å². The molecule has 0 atom stereocenters. The molecule has 0 aliphatic heterocycles. The van der Waals surface area contributed by atoms with Gasteiger partial charge in [0.1, 0.15) is 17.2 Å². The lowest BCUT2D eigenvalue weighted by atomic mass is 10.1. The van der Waals surface area contributed by atoms with Crippen LogP contribution in [-0.4, -0.2) is 32.0 Å². The van der Waals surface area contributed by atoms with Crippen LogP contribution in [0, 0.1) is 5.92 Å². The van der Waals surface area contributed by atoms with E-state index in [9.17, 15) is 4.79 Å². The zero-order valence-corrected chi connectivity index (χ0v) is 13.5. The van der Waals surface area contributed by atoms with E-state index in [0.29, 0.717) is 22.9 Å². The molecular weight excluding hydrogens is 270 g/mol. The average molecular weight is 293 g/mol. The Morgan fingerprint density at radius 2 is 1.52 bits per heavy atom. The van der Waals surface area contributed by atoms with Gasteiger partial charge in [0.05, 0.1) is 26.0 Å². The van der Waals surface area contributed by atoms with Crippen molar-refractivity contribution in [2.24, 2.45) is 10.9 Å². The molecule has 116 valence electrons. The second-order valence-corrected chi connectivity index (χ2v) is 5.18. The molecule has 1 aromatic rings. The first-order valence-corrected chi connectivity index (χ1v) is 6.90. The number of benzene rings is 1. The van der Waals surface area contributed by atoms with Gasteiger partial charge in [0.15, 0.2) is 0 Å². The molecule has 0 heterocycles. The Morgan fingerprint density at radius 3 is 1.90 bits per heavy atom. The van der Waals surface area contributed by atoms with Gasteiger partial charge in [-0.05, 0) is 13.8 Å². The smallest absolute Gasteiger partial charge is 0.353 e. The van der Waals surface area contributed by atoms with Crippen LogP contribution in [0.25, 0.3) is 0 Å². The van der Waals surface area contributed by atoms with E-state index in [0.717, 1.165) is 0 Å². The van der Waals surface area contributed by atoms with Gasteiger partial charge in [-0.2, -0.15) is 0 Å². The van der Waals surface area contributed by atoms with Crippen molar-refractivity contribution in [1.82, 2.24) is 0 Å². The number of carbonyl (C=O) groups excluding carboxylic acids is 1. The van der Waals surface area contributed by atoms with Crippen LogP contribution in [0.4, 0.5) is 5.69 Å². The summed E-state index contributed by atoms with van der Waals surface area (Å²) in [6.07, 6.45) is -0.179. The van der Waals surface area contributed by atoms with Crippen molar-refractivity contribution in [2.75, 3.05) is 14.2 Å². The topological polar surface area (TPSA) is 57.1 Å². The first-order chi connectivity index (χ1) is 9.87. The fourth-order valence-electron chi connectivity index (χ4n) is 1.68. The van der Waals surface area contributed by atoms with Gasteiger partial charge in [-0.15, -0.1) is 0 Å². The van der Waals surface area contributed by atoms with Crippen molar-refractivity contribution in [3.8, 4) is 11.5 Å². The zero-order valence-electron chi connectivity index (χ0n) is 13.5. The Balaban J connectivity index is 3.18. The monoisotopic (exact) mass is 293 g/mol. The van der Waals surface area contributed by atoms with Gasteiger partial charge < -0.3 is 14.2 Å². The van der Waals surface area contributed by atoms with Crippen LogP contribution in [0.2, 0.25) is 0 Å². The first-order valence-electron chi connectivity index (χ1n) is 6.90. The molecular formula is C16H23NO4. The standard InChI is InChI=1S/C16H23NO4/c1-10(2)15(16(18)21-11(3)4)17-12-7-13(19-5)9-14(8-12)20-6/h7-11H,1-6H3/b17-15-. The van der Waals surface area contributed by atoms with Gasteiger partial charge in [-0.25, -0.2) is 9.79 Å². The van der Waals surface area contributed by atoms with Gasteiger partial charge >= 0.3 is 5.97 Å². The van der Waals surface area contributed by atoms with Gasteiger partial charge in [0.25, 0.3) is 0 Å². The molecule has 0 fully saturated rings. The summed E-state index contributed by atoms with van der Waals surface area (Å²) in [5.41, 5.74) is 0.967. The quantitative estimate of drug-likeness (QED) is 0.596. The van der Waals surface area contributed by atoms with Crippen molar-refractivity contribution in [2.45, 2.75) is 33.8 Å². The average Bonchev–Trinajstić information content (AvgIpc) is 2.43. The van der Waals surface area contributed by atoms with Crippen LogP contribution >= 0.6 is 0 Å². The minimum Gasteiger partial charge on any atom is -0.497 e. The van der Waals surface area contributed by atoms with Crippen molar-refractivity contribution >= 4 is 17.4 Å². The molecule has 1 aromatic carbocycles. The van der Waals surface area contributed by atoms with Crippen molar-refractivity contribution in [3.05, 3.63) is 18.2 Å². The Kier molecular flexibility index (Phi) is 6.21. The molecule has 0 unspecified atom stereocenters. The van der Waals surface area contributed by atoms with Crippen LogP contribution in [0.1, 0.15) is 27.7 Å². The Labute approximate surface area is 125 Å². The van der Waals surface area contributed by atoms with Crippen LogP contribution in [0.15, 0.2) is 23.2 Å². The summed E-state index contributed by atoms with van der Waals surface area (Å²) in [5, 5.41) is 0. The largest absolute Gasteiger partial charge is 0.497 e. The molecule has 21 heavy (non-hydrogen) atoms. The number of hydrogen-bond donors (Lipinski definition) is 0. The van der Waals surface area contributed by atoms with Crippen molar-refractivity contribution in [3.63, 3.8) is 0 Å². The summed E-state index contributed by atoms with van der Waals surface area (Å²) in [4.78, 5) is 16.5. The lowest BCUT2D eigenvalue weighted by Crippen LogP contribution is -2.25. The molecule has 0 radical (unpaired) electrons. The summed E-state index contributed by atoms with van der Waals surface area (Å²) in [6.45, 7) is 7.42. The third-order valence-corrected chi connectivity index (χ3v) is 2.68. The number of methoxy groups -OCH3 is 2. The number of rotatable bonds is 6. The predicted molar refractivity (Wildman–Crippen MR) is 82.7 cm³/mol. The summed E-state index contributed by atoms with van der Waals surface area (Å²) >= 11 is 0. The van der Waals surface area contributed by atoms with Gasteiger partial charge in [0.2, 0.25) is 0 Å². The minimum atomic E-state index is -0.401. The fourth-order valence-corrected chi connectivity index (χ4v) is 1.68. The van der Waals surface area contributed by atoms with E-state index in [2.05, 4.69) is 4.99 Å². The summed E-state index contributed by atoms with van der Waals surface area (Å²) in [6, 6.07) is 5.24. The highest BCUT2D eigenvalue weighted by Gasteiger charge is 2.18. The highest BCUT2D eigenvalue weighted by molar-refractivity contribution is 6.37. The predicted octanol–water partition coefficient (Wildman–Crippen LogP) is 3.38. The maximum Gasteiger partial charge on any atom is 0.353 e. The maximum absolute atomic E-state index is 12.1. The molecule has 0 aliphatic rings. The fraction of sp³-hybridized carbons (Fsp3) is 0.500. The number of nitrogens with zero attached hydrogens (tertiary/aromatic N) is 1. The first kappa shape index (κ1) is 17.0. The molecule has 0 saturated heterocycles. The summed E-state index contributed by atoms with van der Waals surface area (Å²) in [7, 11) is 3.14. The highest BCUT2D eigenvalue weighted by atomic mass is 16.5. The maximum atomic E-state index is 12.1. The molecule has 0 amide bonds. The highest BCUT2D eigenvalue weighted by Crippen LogP contribution is 2.28. The van der Waals surface area contributed by atoms with E-state index >= 15 is 0 Å².